The number of amides is 1. The van der Waals surface area contributed by atoms with Crippen molar-refractivity contribution >= 4 is 33.6 Å². The quantitative estimate of drug-likeness (QED) is 0.565. The summed E-state index contributed by atoms with van der Waals surface area (Å²) in [5.41, 5.74) is 0.193. The molecule has 0 unspecified atom stereocenters. The number of piperidine rings is 1. The number of hydrogen-bond donors (Lipinski definition) is 1. The van der Waals surface area contributed by atoms with Crippen LogP contribution in [0, 0.1) is 11.7 Å². The maximum Gasteiger partial charge on any atom is 0.337 e. The number of carbonyl (C=O) groups is 3. The highest BCUT2D eigenvalue weighted by Gasteiger charge is 2.35. The molecule has 1 fully saturated rings. The van der Waals surface area contributed by atoms with E-state index in [0.717, 1.165) is 16.4 Å². The van der Waals surface area contributed by atoms with Crippen LogP contribution in [0.1, 0.15) is 33.6 Å². The highest BCUT2D eigenvalue weighted by molar-refractivity contribution is 7.89. The number of methoxy groups -OCH3 is 3. The number of sulfonamides is 1. The van der Waals surface area contributed by atoms with Crippen LogP contribution in [0.25, 0.3) is 0 Å². The first kappa shape index (κ1) is 26.1. The lowest BCUT2D eigenvalue weighted by Crippen LogP contribution is -2.43. The van der Waals surface area contributed by atoms with E-state index < -0.39 is 39.6 Å². The van der Waals surface area contributed by atoms with Crippen molar-refractivity contribution in [2.24, 2.45) is 5.92 Å². The molecule has 1 aliphatic rings. The number of halogens is 1. The standard InChI is InChI=1S/C23H25FN2O8S/c1-32-19-7-6-17(24)12-20(19)35(30,31)26-8-4-5-14(13-26)21(27)25-18-10-15(22(28)33-2)9-16(11-18)23(29)34-3/h6-7,9-12,14H,4-5,8,13H2,1-3H3,(H,25,27)/t14-/m1/s1. The maximum absolute atomic E-state index is 13.8. The van der Waals surface area contributed by atoms with Crippen LogP contribution in [0.2, 0.25) is 0 Å². The van der Waals surface area contributed by atoms with E-state index in [1.807, 2.05) is 0 Å². The third-order valence-electron chi connectivity index (χ3n) is 5.54. The molecule has 1 amide bonds. The Morgan fingerprint density at radius 2 is 1.63 bits per heavy atom. The molecule has 1 atom stereocenters. The van der Waals surface area contributed by atoms with Gasteiger partial charge in [-0.05, 0) is 49.2 Å². The molecule has 1 N–H and O–H groups in total. The molecule has 3 rings (SSSR count). The Morgan fingerprint density at radius 3 is 2.20 bits per heavy atom. The molecule has 1 saturated heterocycles. The Bertz CT molecular complexity index is 1210. The van der Waals surface area contributed by atoms with Crippen LogP contribution in [-0.4, -0.2) is 65.0 Å². The summed E-state index contributed by atoms with van der Waals surface area (Å²) in [6.45, 7) is 0.00445. The highest BCUT2D eigenvalue weighted by atomic mass is 32.2. The van der Waals surface area contributed by atoms with E-state index in [4.69, 9.17) is 4.74 Å². The van der Waals surface area contributed by atoms with Gasteiger partial charge in [-0.15, -0.1) is 0 Å². The second-order valence-electron chi connectivity index (χ2n) is 7.77. The van der Waals surface area contributed by atoms with Gasteiger partial charge in [-0.25, -0.2) is 22.4 Å². The van der Waals surface area contributed by atoms with Crippen LogP contribution in [0.15, 0.2) is 41.3 Å². The number of rotatable bonds is 7. The Balaban J connectivity index is 1.83. The second-order valence-corrected chi connectivity index (χ2v) is 9.68. The lowest BCUT2D eigenvalue weighted by molar-refractivity contribution is -0.120. The molecular weight excluding hydrogens is 483 g/mol. The van der Waals surface area contributed by atoms with E-state index in [1.165, 1.54) is 45.6 Å². The zero-order valence-corrected chi connectivity index (χ0v) is 20.2. The number of esters is 2. The monoisotopic (exact) mass is 508 g/mol. The largest absolute Gasteiger partial charge is 0.495 e. The molecule has 35 heavy (non-hydrogen) atoms. The lowest BCUT2D eigenvalue weighted by atomic mass is 9.98. The summed E-state index contributed by atoms with van der Waals surface area (Å²) in [5.74, 6) is -3.42. The molecule has 2 aromatic rings. The maximum atomic E-state index is 13.8. The number of anilines is 1. The molecule has 0 radical (unpaired) electrons. The Kier molecular flexibility index (Phi) is 8.07. The number of ether oxygens (including phenoxy) is 3. The fourth-order valence-corrected chi connectivity index (χ4v) is 5.47. The van der Waals surface area contributed by atoms with Gasteiger partial charge in [-0.1, -0.05) is 0 Å². The van der Waals surface area contributed by atoms with Gasteiger partial charge in [0.2, 0.25) is 15.9 Å². The molecule has 12 heteroatoms. The molecule has 2 aromatic carbocycles. The Hall–Kier alpha value is -3.51. The van der Waals surface area contributed by atoms with Crippen LogP contribution in [-0.2, 0) is 24.3 Å². The zero-order valence-electron chi connectivity index (χ0n) is 19.4. The normalized spacial score (nSPS) is 16.3. The molecule has 1 aliphatic heterocycles. The summed E-state index contributed by atoms with van der Waals surface area (Å²) in [6, 6.07) is 7.15. The summed E-state index contributed by atoms with van der Waals surface area (Å²) < 4.78 is 55.8. The van der Waals surface area contributed by atoms with Crippen LogP contribution >= 0.6 is 0 Å². The average molecular weight is 509 g/mol. The van der Waals surface area contributed by atoms with Crippen LogP contribution < -0.4 is 10.1 Å². The predicted octanol–water partition coefficient (Wildman–Crippen LogP) is 2.45. The van der Waals surface area contributed by atoms with Crippen molar-refractivity contribution in [1.82, 2.24) is 4.31 Å². The van der Waals surface area contributed by atoms with E-state index in [2.05, 4.69) is 14.8 Å². The SMILES string of the molecule is COC(=O)c1cc(NC(=O)[C@@H]2CCCN(S(=O)(=O)c3cc(F)ccc3OC)C2)cc(C(=O)OC)c1. The van der Waals surface area contributed by atoms with Gasteiger partial charge in [0, 0.05) is 18.8 Å². The minimum absolute atomic E-state index is 0.00654. The fourth-order valence-electron chi connectivity index (χ4n) is 3.78. The fraction of sp³-hybridized carbons (Fsp3) is 0.348. The van der Waals surface area contributed by atoms with E-state index in [1.54, 1.807) is 0 Å². The Morgan fingerprint density at radius 1 is 1.00 bits per heavy atom. The number of hydrogen-bond acceptors (Lipinski definition) is 8. The van der Waals surface area contributed by atoms with Gasteiger partial charge in [0.1, 0.15) is 16.5 Å². The number of carbonyl (C=O) groups excluding carboxylic acids is 3. The molecule has 0 aromatic heterocycles. The summed E-state index contributed by atoms with van der Waals surface area (Å²) in [6.07, 6.45) is 0.795. The minimum Gasteiger partial charge on any atom is -0.495 e. The van der Waals surface area contributed by atoms with Gasteiger partial charge >= 0.3 is 11.9 Å². The van der Waals surface area contributed by atoms with Crippen LogP contribution in [0.3, 0.4) is 0 Å². The third-order valence-corrected chi connectivity index (χ3v) is 7.43. The molecular formula is C23H25FN2O8S. The minimum atomic E-state index is -4.14. The first-order chi connectivity index (χ1) is 16.6. The zero-order chi connectivity index (χ0) is 25.8. The smallest absolute Gasteiger partial charge is 0.337 e. The Labute approximate surface area is 202 Å². The van der Waals surface area contributed by atoms with E-state index >= 15 is 0 Å². The number of benzene rings is 2. The van der Waals surface area contributed by atoms with E-state index in [0.29, 0.717) is 12.8 Å². The van der Waals surface area contributed by atoms with Crippen molar-refractivity contribution in [2.75, 3.05) is 39.7 Å². The summed E-state index contributed by atoms with van der Waals surface area (Å²) in [5, 5.41) is 2.63. The molecule has 0 bridgehead atoms. The molecule has 188 valence electrons. The van der Waals surface area contributed by atoms with Crippen molar-refractivity contribution < 1.29 is 41.4 Å². The first-order valence-electron chi connectivity index (χ1n) is 10.6. The lowest BCUT2D eigenvalue weighted by Gasteiger charge is -2.31. The molecule has 10 nitrogen and oxygen atoms in total. The van der Waals surface area contributed by atoms with Gasteiger partial charge in [0.25, 0.3) is 0 Å². The predicted molar refractivity (Wildman–Crippen MR) is 122 cm³/mol. The average Bonchev–Trinajstić information content (AvgIpc) is 2.87. The number of nitrogens with one attached hydrogen (secondary N) is 1. The molecule has 0 saturated carbocycles. The molecule has 0 aliphatic carbocycles. The van der Waals surface area contributed by atoms with Crippen molar-refractivity contribution in [3.05, 3.63) is 53.3 Å². The van der Waals surface area contributed by atoms with Gasteiger partial charge in [-0.3, -0.25) is 4.79 Å². The summed E-state index contributed by atoms with van der Waals surface area (Å²) in [4.78, 5) is 36.6. The van der Waals surface area contributed by atoms with Gasteiger partial charge in [0.05, 0.1) is 38.4 Å². The van der Waals surface area contributed by atoms with Gasteiger partial charge < -0.3 is 19.5 Å². The second kappa shape index (κ2) is 10.8. The van der Waals surface area contributed by atoms with E-state index in [-0.39, 0.29) is 40.5 Å². The van der Waals surface area contributed by atoms with Crippen molar-refractivity contribution in [1.29, 1.82) is 0 Å². The molecule has 1 heterocycles. The van der Waals surface area contributed by atoms with Crippen molar-refractivity contribution in [2.45, 2.75) is 17.7 Å². The summed E-state index contributed by atoms with van der Waals surface area (Å²) >= 11 is 0. The van der Waals surface area contributed by atoms with Crippen molar-refractivity contribution in [3.8, 4) is 5.75 Å². The summed E-state index contributed by atoms with van der Waals surface area (Å²) in [7, 11) is -0.509. The third kappa shape index (κ3) is 5.77. The van der Waals surface area contributed by atoms with Crippen LogP contribution in [0.5, 0.6) is 5.75 Å². The highest BCUT2D eigenvalue weighted by Crippen LogP contribution is 2.31. The number of nitrogens with zero attached hydrogens (tertiary/aromatic N) is 1. The van der Waals surface area contributed by atoms with E-state index in [9.17, 15) is 27.2 Å². The van der Waals surface area contributed by atoms with Gasteiger partial charge in [-0.2, -0.15) is 4.31 Å². The topological polar surface area (TPSA) is 128 Å². The van der Waals surface area contributed by atoms with Crippen LogP contribution in [0.4, 0.5) is 10.1 Å². The van der Waals surface area contributed by atoms with Gasteiger partial charge in [0.15, 0.2) is 0 Å². The molecule has 0 spiro atoms. The van der Waals surface area contributed by atoms with Crippen molar-refractivity contribution in [3.63, 3.8) is 0 Å². The first-order valence-corrected chi connectivity index (χ1v) is 12.0.